The Kier molecular flexibility index (Phi) is 22.9. The summed E-state index contributed by atoms with van der Waals surface area (Å²) in [4.78, 5) is 37.2. The molecule has 0 rings (SSSR count). The molecule has 0 aliphatic carbocycles. The van der Waals surface area contributed by atoms with Crippen LogP contribution in [0.4, 0.5) is 0 Å². The Morgan fingerprint density at radius 1 is 0.600 bits per heavy atom. The van der Waals surface area contributed by atoms with E-state index in [1.54, 1.807) is 0 Å². The van der Waals surface area contributed by atoms with Gasteiger partial charge in [-0.25, -0.2) is 0 Å². The van der Waals surface area contributed by atoms with Crippen LogP contribution in [-0.4, -0.2) is 57.2 Å². The van der Waals surface area contributed by atoms with Crippen LogP contribution in [0.1, 0.15) is 111 Å². The van der Waals surface area contributed by atoms with Gasteiger partial charge in [-0.2, -0.15) is 0 Å². The molecule has 0 bridgehead atoms. The van der Waals surface area contributed by atoms with E-state index in [9.17, 15) is 24.7 Å². The van der Waals surface area contributed by atoms with Gasteiger partial charge in [0.2, 0.25) is 0 Å². The lowest BCUT2D eigenvalue weighted by Gasteiger charge is -2.38. The van der Waals surface area contributed by atoms with Gasteiger partial charge in [0.25, 0.3) is 0 Å². The molecule has 212 valence electrons. The third-order valence-electron chi connectivity index (χ3n) is 6.43. The van der Waals surface area contributed by atoms with Crippen LogP contribution in [-0.2, 0) is 13.8 Å². The first-order valence-electron chi connectivity index (χ1n) is 13.5. The molecule has 5 N–H and O–H groups in total. The molecule has 0 aromatic heterocycles. The van der Waals surface area contributed by atoms with Gasteiger partial charge >= 0.3 is 17.2 Å². The Morgan fingerprint density at radius 2 is 1.00 bits per heavy atom. The summed E-state index contributed by atoms with van der Waals surface area (Å²) in [7, 11) is -5.24. The monoisotopic (exact) mass is 544 g/mol. The number of rotatable bonds is 25. The summed E-state index contributed by atoms with van der Waals surface area (Å²) >= 11 is 0. The highest BCUT2D eigenvalue weighted by Crippen LogP contribution is 2.38. The SMILES string of the molecule is CC(C)CCCCCCCOC(CCCCCCCC(C)C)C(CO)(COP(O)O)COP(O)O. The van der Waals surface area contributed by atoms with Gasteiger partial charge in [0.1, 0.15) is 0 Å². The standard InChI is InChI=1S/C25H54O8P2/c1-22(2)15-11-7-5-9-13-17-24(31-18-14-10-6-8-12-16-23(3)4)25(19-26,20-32-34(27)28)21-33-35(29)30/h22-24,26-30H,5-21H2,1-4H3. The van der Waals surface area contributed by atoms with E-state index in [-0.39, 0.29) is 13.2 Å². The largest absolute Gasteiger partial charge is 0.396 e. The zero-order chi connectivity index (χ0) is 26.5. The number of ether oxygens (including phenoxy) is 1. The number of hydrogen-bond donors (Lipinski definition) is 5. The van der Waals surface area contributed by atoms with Crippen LogP contribution < -0.4 is 0 Å². The first kappa shape index (κ1) is 35.5. The fraction of sp³-hybridized carbons (Fsp3) is 1.00. The molecule has 0 aliphatic heterocycles. The lowest BCUT2D eigenvalue weighted by Crippen LogP contribution is -2.47. The van der Waals surface area contributed by atoms with E-state index in [0.717, 1.165) is 50.4 Å². The van der Waals surface area contributed by atoms with Crippen LogP contribution >= 0.6 is 17.2 Å². The van der Waals surface area contributed by atoms with Crippen LogP contribution in [0.5, 0.6) is 0 Å². The van der Waals surface area contributed by atoms with Crippen molar-refractivity contribution in [2.45, 2.75) is 117 Å². The summed E-state index contributed by atoms with van der Waals surface area (Å²) in [6.45, 7) is 8.67. The molecule has 0 radical (unpaired) electrons. The van der Waals surface area contributed by atoms with E-state index < -0.39 is 35.3 Å². The third kappa shape index (κ3) is 20.2. The predicted octanol–water partition coefficient (Wildman–Crippen LogP) is 6.19. The fourth-order valence-corrected chi connectivity index (χ4v) is 4.93. The van der Waals surface area contributed by atoms with Crippen LogP contribution in [0.3, 0.4) is 0 Å². The van der Waals surface area contributed by atoms with Crippen molar-refractivity contribution in [1.29, 1.82) is 0 Å². The van der Waals surface area contributed by atoms with Crippen LogP contribution in [0, 0.1) is 17.3 Å². The third-order valence-corrected chi connectivity index (χ3v) is 7.15. The molecule has 8 nitrogen and oxygen atoms in total. The van der Waals surface area contributed by atoms with E-state index in [1.165, 1.54) is 38.5 Å². The summed E-state index contributed by atoms with van der Waals surface area (Å²) < 4.78 is 16.4. The van der Waals surface area contributed by atoms with E-state index >= 15 is 0 Å². The van der Waals surface area contributed by atoms with Crippen molar-refractivity contribution in [3.8, 4) is 0 Å². The van der Waals surface area contributed by atoms with Crippen LogP contribution in [0.2, 0.25) is 0 Å². The second-order valence-electron chi connectivity index (χ2n) is 10.6. The van der Waals surface area contributed by atoms with Crippen molar-refractivity contribution >= 4 is 17.2 Å². The van der Waals surface area contributed by atoms with E-state index in [0.29, 0.717) is 13.0 Å². The molecule has 0 aliphatic rings. The van der Waals surface area contributed by atoms with Gasteiger partial charge in [0.15, 0.2) is 0 Å². The Hall–Kier alpha value is 0.540. The van der Waals surface area contributed by atoms with Crippen molar-refractivity contribution in [1.82, 2.24) is 0 Å². The minimum Gasteiger partial charge on any atom is -0.396 e. The summed E-state index contributed by atoms with van der Waals surface area (Å²) in [6.07, 6.45) is 13.7. The first-order valence-corrected chi connectivity index (χ1v) is 15.8. The van der Waals surface area contributed by atoms with E-state index in [2.05, 4.69) is 27.7 Å². The van der Waals surface area contributed by atoms with Crippen molar-refractivity contribution in [2.75, 3.05) is 26.4 Å². The molecule has 0 fully saturated rings. The minimum atomic E-state index is -2.62. The normalized spacial score (nSPS) is 13.6. The fourth-order valence-electron chi connectivity index (χ4n) is 4.18. The zero-order valence-corrected chi connectivity index (χ0v) is 24.4. The number of aliphatic hydroxyl groups excluding tert-OH is 1. The molecule has 0 aromatic carbocycles. The lowest BCUT2D eigenvalue weighted by molar-refractivity contribution is -0.111. The van der Waals surface area contributed by atoms with E-state index in [1.807, 2.05) is 0 Å². The molecular weight excluding hydrogens is 490 g/mol. The highest BCUT2D eigenvalue weighted by atomic mass is 31.2. The smallest absolute Gasteiger partial charge is 0.327 e. The van der Waals surface area contributed by atoms with Crippen LogP contribution in [0.25, 0.3) is 0 Å². The molecule has 0 saturated heterocycles. The topological polar surface area (TPSA) is 129 Å². The quantitative estimate of drug-likeness (QED) is 0.0680. The second-order valence-corrected chi connectivity index (χ2v) is 12.1. The molecular formula is C25H54O8P2. The Bertz CT molecular complexity index is 455. The maximum absolute atomic E-state index is 10.3. The maximum Gasteiger partial charge on any atom is 0.327 e. The van der Waals surface area contributed by atoms with Crippen molar-refractivity contribution in [2.24, 2.45) is 17.3 Å². The average molecular weight is 545 g/mol. The molecule has 35 heavy (non-hydrogen) atoms. The number of aliphatic hydroxyl groups is 1. The van der Waals surface area contributed by atoms with Crippen molar-refractivity contribution in [3.05, 3.63) is 0 Å². The van der Waals surface area contributed by atoms with Gasteiger partial charge in [-0.1, -0.05) is 98.3 Å². The number of unbranched alkanes of at least 4 members (excludes halogenated alkanes) is 8. The highest BCUT2D eigenvalue weighted by molar-refractivity contribution is 7.39. The minimum absolute atomic E-state index is 0.209. The Labute approximate surface area is 216 Å². The van der Waals surface area contributed by atoms with Crippen LogP contribution in [0.15, 0.2) is 0 Å². The van der Waals surface area contributed by atoms with Gasteiger partial charge in [-0.15, -0.1) is 0 Å². The zero-order valence-electron chi connectivity index (χ0n) is 22.6. The summed E-state index contributed by atoms with van der Waals surface area (Å²) in [5.41, 5.74) is -1.12. The maximum atomic E-state index is 10.3. The summed E-state index contributed by atoms with van der Waals surface area (Å²) in [5.74, 6) is 1.46. The summed E-state index contributed by atoms with van der Waals surface area (Å²) in [5, 5.41) is 10.3. The second kappa shape index (κ2) is 22.5. The van der Waals surface area contributed by atoms with Gasteiger partial charge in [0.05, 0.1) is 31.3 Å². The van der Waals surface area contributed by atoms with Crippen molar-refractivity contribution < 1.29 is 38.5 Å². The molecule has 0 heterocycles. The Balaban J connectivity index is 4.90. The summed E-state index contributed by atoms with van der Waals surface area (Å²) in [6, 6.07) is 0. The molecule has 0 saturated carbocycles. The van der Waals surface area contributed by atoms with Gasteiger partial charge in [0, 0.05) is 6.61 Å². The number of hydrogen-bond acceptors (Lipinski definition) is 8. The molecule has 1 unspecified atom stereocenters. The van der Waals surface area contributed by atoms with Gasteiger partial charge < -0.3 is 38.5 Å². The predicted molar refractivity (Wildman–Crippen MR) is 144 cm³/mol. The van der Waals surface area contributed by atoms with Crippen molar-refractivity contribution in [3.63, 3.8) is 0 Å². The molecule has 0 amide bonds. The first-order chi connectivity index (χ1) is 16.6. The van der Waals surface area contributed by atoms with Gasteiger partial charge in [-0.05, 0) is 24.7 Å². The molecule has 0 spiro atoms. The molecule has 0 aromatic rings. The molecule has 10 heteroatoms. The van der Waals surface area contributed by atoms with E-state index in [4.69, 9.17) is 13.8 Å². The average Bonchev–Trinajstić information content (AvgIpc) is 2.78. The lowest BCUT2D eigenvalue weighted by atomic mass is 9.81. The molecule has 1 atom stereocenters. The van der Waals surface area contributed by atoms with Gasteiger partial charge in [-0.3, -0.25) is 0 Å². The Morgan fingerprint density at radius 3 is 1.40 bits per heavy atom. The highest BCUT2D eigenvalue weighted by Gasteiger charge is 2.41.